The summed E-state index contributed by atoms with van der Waals surface area (Å²) in [5.74, 6) is -1.78. The molecule has 0 unspecified atom stereocenters. The lowest BCUT2D eigenvalue weighted by Gasteiger charge is -2.18. The van der Waals surface area contributed by atoms with Gasteiger partial charge in [-0.2, -0.15) is 0 Å². The number of halogens is 2. The SMILES string of the molecule is COC(=O)[C@@H](NC(=O)c1ncc(-c2ccc(NC(=O)Nc3ccc(Cl)cc3F)cc2)s1)C(C)C. The summed E-state index contributed by atoms with van der Waals surface area (Å²) >= 11 is 6.87. The summed E-state index contributed by atoms with van der Waals surface area (Å²) in [7, 11) is 1.27. The van der Waals surface area contributed by atoms with Crippen LogP contribution in [0.15, 0.2) is 48.7 Å². The molecule has 1 atom stereocenters. The molecule has 3 rings (SSSR count). The second kappa shape index (κ2) is 11.1. The zero-order valence-corrected chi connectivity index (χ0v) is 20.1. The van der Waals surface area contributed by atoms with Gasteiger partial charge in [0.25, 0.3) is 5.91 Å². The molecule has 0 saturated heterocycles. The Bertz CT molecular complexity index is 1200. The summed E-state index contributed by atoms with van der Waals surface area (Å²) < 4.78 is 18.6. The normalized spacial score (nSPS) is 11.6. The second-order valence-electron chi connectivity index (χ2n) is 7.53. The maximum atomic E-state index is 13.8. The van der Waals surface area contributed by atoms with Crippen molar-refractivity contribution in [2.75, 3.05) is 17.7 Å². The molecule has 0 aliphatic carbocycles. The fourth-order valence-electron chi connectivity index (χ4n) is 2.93. The smallest absolute Gasteiger partial charge is 0.328 e. The maximum absolute atomic E-state index is 13.8. The van der Waals surface area contributed by atoms with Crippen LogP contribution >= 0.6 is 22.9 Å². The molecule has 1 heterocycles. The van der Waals surface area contributed by atoms with Crippen LogP contribution < -0.4 is 16.0 Å². The molecule has 3 N–H and O–H groups in total. The van der Waals surface area contributed by atoms with E-state index in [0.717, 1.165) is 27.8 Å². The van der Waals surface area contributed by atoms with Crippen LogP contribution in [0.1, 0.15) is 23.6 Å². The Hall–Kier alpha value is -3.50. The van der Waals surface area contributed by atoms with Gasteiger partial charge >= 0.3 is 12.0 Å². The van der Waals surface area contributed by atoms with Gasteiger partial charge in [-0.25, -0.2) is 19.0 Å². The largest absolute Gasteiger partial charge is 0.467 e. The molecule has 0 spiro atoms. The fraction of sp³-hybridized carbons (Fsp3) is 0.217. The van der Waals surface area contributed by atoms with Crippen molar-refractivity contribution in [2.45, 2.75) is 19.9 Å². The quantitative estimate of drug-likeness (QED) is 0.384. The first kappa shape index (κ1) is 25.1. The van der Waals surface area contributed by atoms with Crippen molar-refractivity contribution in [3.63, 3.8) is 0 Å². The van der Waals surface area contributed by atoms with E-state index in [1.807, 2.05) is 0 Å². The number of anilines is 2. The molecule has 3 amide bonds. The number of carbonyl (C=O) groups excluding carboxylic acids is 3. The highest BCUT2D eigenvalue weighted by Gasteiger charge is 2.26. The highest BCUT2D eigenvalue weighted by atomic mass is 35.5. The van der Waals surface area contributed by atoms with Crippen LogP contribution in [0.5, 0.6) is 0 Å². The monoisotopic (exact) mass is 504 g/mol. The van der Waals surface area contributed by atoms with Crippen LogP contribution in [-0.4, -0.2) is 36.0 Å². The van der Waals surface area contributed by atoms with Crippen LogP contribution in [0.25, 0.3) is 10.4 Å². The molecule has 11 heteroatoms. The van der Waals surface area contributed by atoms with E-state index in [1.54, 1.807) is 44.3 Å². The van der Waals surface area contributed by atoms with Crippen molar-refractivity contribution >= 4 is 52.2 Å². The van der Waals surface area contributed by atoms with Gasteiger partial charge in [0.05, 0.1) is 17.7 Å². The third-order valence-corrected chi connectivity index (χ3v) is 6.00. The average molecular weight is 505 g/mol. The van der Waals surface area contributed by atoms with E-state index >= 15 is 0 Å². The minimum atomic E-state index is -0.775. The molecule has 8 nitrogen and oxygen atoms in total. The number of rotatable bonds is 7. The molecule has 3 aromatic rings. The van der Waals surface area contributed by atoms with Gasteiger partial charge < -0.3 is 20.7 Å². The Morgan fingerprint density at radius 2 is 1.79 bits per heavy atom. The lowest BCUT2D eigenvalue weighted by atomic mass is 10.0. The number of urea groups is 1. The molecule has 2 aromatic carbocycles. The van der Waals surface area contributed by atoms with Crippen molar-refractivity contribution in [3.8, 4) is 10.4 Å². The molecule has 0 aliphatic heterocycles. The Morgan fingerprint density at radius 3 is 2.41 bits per heavy atom. The topological polar surface area (TPSA) is 109 Å². The van der Waals surface area contributed by atoms with Crippen molar-refractivity contribution in [3.05, 3.63) is 64.5 Å². The molecule has 1 aromatic heterocycles. The number of benzene rings is 2. The summed E-state index contributed by atoms with van der Waals surface area (Å²) in [5, 5.41) is 8.11. The number of aromatic nitrogens is 1. The van der Waals surface area contributed by atoms with E-state index < -0.39 is 29.8 Å². The zero-order chi connectivity index (χ0) is 24.8. The number of carbonyl (C=O) groups is 3. The maximum Gasteiger partial charge on any atom is 0.328 e. The molecule has 0 saturated carbocycles. The molecule has 0 radical (unpaired) electrons. The summed E-state index contributed by atoms with van der Waals surface area (Å²) in [6.07, 6.45) is 1.56. The Balaban J connectivity index is 1.63. The number of nitrogens with zero attached hydrogens (tertiary/aromatic N) is 1. The third kappa shape index (κ3) is 6.30. The van der Waals surface area contributed by atoms with E-state index in [9.17, 15) is 18.8 Å². The Morgan fingerprint density at radius 1 is 1.09 bits per heavy atom. The van der Waals surface area contributed by atoms with Crippen LogP contribution in [0.2, 0.25) is 5.02 Å². The van der Waals surface area contributed by atoms with Crippen LogP contribution in [-0.2, 0) is 9.53 Å². The van der Waals surface area contributed by atoms with Crippen molar-refractivity contribution in [1.29, 1.82) is 0 Å². The van der Waals surface area contributed by atoms with Crippen LogP contribution in [0.4, 0.5) is 20.6 Å². The Kier molecular flexibility index (Phi) is 8.19. The molecule has 0 aliphatic rings. The van der Waals surface area contributed by atoms with E-state index in [0.29, 0.717) is 5.69 Å². The summed E-state index contributed by atoms with van der Waals surface area (Å²) in [6, 6.07) is 9.38. The van der Waals surface area contributed by atoms with Crippen molar-refractivity contribution < 1.29 is 23.5 Å². The first-order valence-corrected chi connectivity index (χ1v) is 11.4. The number of ether oxygens (including phenoxy) is 1. The van der Waals surface area contributed by atoms with Gasteiger partial charge in [-0.1, -0.05) is 37.6 Å². The first-order valence-electron chi connectivity index (χ1n) is 10.2. The molecule has 0 bridgehead atoms. The van der Waals surface area contributed by atoms with E-state index in [2.05, 4.69) is 20.9 Å². The van der Waals surface area contributed by atoms with E-state index in [1.165, 1.54) is 19.2 Å². The number of esters is 1. The van der Waals surface area contributed by atoms with Gasteiger partial charge in [-0.15, -0.1) is 11.3 Å². The Labute approximate surface area is 204 Å². The predicted octanol–water partition coefficient (Wildman–Crippen LogP) is 5.17. The molecular formula is C23H22ClFN4O4S. The lowest BCUT2D eigenvalue weighted by Crippen LogP contribution is -2.44. The van der Waals surface area contributed by atoms with Gasteiger partial charge in [0.15, 0.2) is 5.01 Å². The van der Waals surface area contributed by atoms with E-state index in [4.69, 9.17) is 16.3 Å². The number of amides is 3. The van der Waals surface area contributed by atoms with Crippen molar-refractivity contribution in [2.24, 2.45) is 5.92 Å². The molecule has 0 fully saturated rings. The average Bonchev–Trinajstić information content (AvgIpc) is 3.29. The fourth-order valence-corrected chi connectivity index (χ4v) is 3.92. The molecular weight excluding hydrogens is 483 g/mol. The highest BCUT2D eigenvalue weighted by Crippen LogP contribution is 2.27. The zero-order valence-electron chi connectivity index (χ0n) is 18.5. The molecule has 178 valence electrons. The van der Waals surface area contributed by atoms with E-state index in [-0.39, 0.29) is 21.6 Å². The second-order valence-corrected chi connectivity index (χ2v) is 9.00. The first-order chi connectivity index (χ1) is 16.2. The van der Waals surface area contributed by atoms with Crippen molar-refractivity contribution in [1.82, 2.24) is 10.3 Å². The minimum absolute atomic E-state index is 0.000825. The van der Waals surface area contributed by atoms with Gasteiger partial charge in [-0.3, -0.25) is 4.79 Å². The van der Waals surface area contributed by atoms with Gasteiger partial charge in [-0.05, 0) is 41.8 Å². The number of hydrogen-bond acceptors (Lipinski definition) is 6. The van der Waals surface area contributed by atoms with Crippen LogP contribution in [0, 0.1) is 11.7 Å². The number of thiazole rings is 1. The highest BCUT2D eigenvalue weighted by molar-refractivity contribution is 7.17. The summed E-state index contributed by atoms with van der Waals surface area (Å²) in [5.41, 5.74) is 1.26. The predicted molar refractivity (Wildman–Crippen MR) is 130 cm³/mol. The number of nitrogens with one attached hydrogen (secondary N) is 3. The number of hydrogen-bond donors (Lipinski definition) is 3. The molecule has 34 heavy (non-hydrogen) atoms. The minimum Gasteiger partial charge on any atom is -0.467 e. The summed E-state index contributed by atoms with van der Waals surface area (Å²) in [6.45, 7) is 3.61. The summed E-state index contributed by atoms with van der Waals surface area (Å²) in [4.78, 5) is 41.4. The van der Waals surface area contributed by atoms with Gasteiger partial charge in [0.1, 0.15) is 11.9 Å². The standard InChI is InChI=1S/C23H22ClFN4O4S/c1-12(2)19(22(31)33-3)29-20(30)21-26-11-18(34-21)13-4-7-15(8-5-13)27-23(32)28-17-9-6-14(24)10-16(17)25/h4-12,19H,1-3H3,(H,29,30)(H2,27,28,32)/t19-/m0/s1. The lowest BCUT2D eigenvalue weighted by molar-refractivity contribution is -0.144. The van der Waals surface area contributed by atoms with Crippen LogP contribution in [0.3, 0.4) is 0 Å². The third-order valence-electron chi connectivity index (χ3n) is 4.71. The van der Waals surface area contributed by atoms with Gasteiger partial charge in [0, 0.05) is 16.9 Å². The van der Waals surface area contributed by atoms with Gasteiger partial charge in [0.2, 0.25) is 0 Å². The number of methoxy groups -OCH3 is 1.